The molecular formula is C21H28N2O6S. The molecule has 1 aromatic heterocycles. The molecule has 1 aliphatic rings. The van der Waals surface area contributed by atoms with Gasteiger partial charge in [0.25, 0.3) is 0 Å². The molecule has 0 saturated heterocycles. The maximum Gasteiger partial charge on any atom is 0.332 e. The molecular weight excluding hydrogens is 408 g/mol. The molecule has 8 nitrogen and oxygen atoms in total. The quantitative estimate of drug-likeness (QED) is 0.683. The molecule has 0 aliphatic carbocycles. The first-order chi connectivity index (χ1) is 14.2. The van der Waals surface area contributed by atoms with Gasteiger partial charge in [0, 0.05) is 25.0 Å². The molecule has 1 N–H and O–H groups in total. The van der Waals surface area contributed by atoms with Crippen molar-refractivity contribution >= 4 is 16.0 Å². The number of aryl methyl sites for hydroxylation is 2. The first-order valence-corrected chi connectivity index (χ1v) is 11.3. The third-order valence-electron chi connectivity index (χ3n) is 5.45. The largest absolute Gasteiger partial charge is 0.497 e. The maximum atomic E-state index is 13.7. The number of methoxy groups -OCH3 is 1. The second-order valence-electron chi connectivity index (χ2n) is 7.42. The molecule has 9 heteroatoms. The number of ether oxygens (including phenoxy) is 2. The van der Waals surface area contributed by atoms with Crippen molar-refractivity contribution < 1.29 is 27.8 Å². The first kappa shape index (κ1) is 22.3. The van der Waals surface area contributed by atoms with Crippen molar-refractivity contribution in [1.82, 2.24) is 8.87 Å². The minimum Gasteiger partial charge on any atom is -0.497 e. The Labute approximate surface area is 177 Å². The zero-order valence-electron chi connectivity index (χ0n) is 17.7. The summed E-state index contributed by atoms with van der Waals surface area (Å²) in [7, 11) is -2.31. The molecule has 0 saturated carbocycles. The van der Waals surface area contributed by atoms with Crippen LogP contribution in [0, 0.1) is 13.8 Å². The summed E-state index contributed by atoms with van der Waals surface area (Å²) in [5.41, 5.74) is 1.99. The molecule has 1 aliphatic heterocycles. The highest BCUT2D eigenvalue weighted by Gasteiger charge is 2.39. The van der Waals surface area contributed by atoms with Gasteiger partial charge in [-0.05, 0) is 55.7 Å². The Bertz CT molecular complexity index is 1010. The van der Waals surface area contributed by atoms with E-state index in [0.29, 0.717) is 29.8 Å². The highest BCUT2D eigenvalue weighted by molar-refractivity contribution is 7.89. The van der Waals surface area contributed by atoms with E-state index >= 15 is 0 Å². The monoisotopic (exact) mass is 436 g/mol. The van der Waals surface area contributed by atoms with Crippen LogP contribution in [0.3, 0.4) is 0 Å². The predicted octanol–water partition coefficient (Wildman–Crippen LogP) is 2.74. The number of sulfonamides is 1. The minimum atomic E-state index is -3.86. The first-order valence-electron chi connectivity index (χ1n) is 9.87. The molecule has 0 radical (unpaired) electrons. The van der Waals surface area contributed by atoms with Gasteiger partial charge in [0.1, 0.15) is 5.75 Å². The second kappa shape index (κ2) is 8.79. The normalized spacial score (nSPS) is 18.1. The molecule has 0 amide bonds. The fourth-order valence-corrected chi connectivity index (χ4v) is 6.01. The number of aliphatic carboxylic acids is 1. The van der Waals surface area contributed by atoms with E-state index in [9.17, 15) is 18.3 Å². The van der Waals surface area contributed by atoms with Gasteiger partial charge in [-0.1, -0.05) is 6.92 Å². The maximum absolute atomic E-state index is 13.7. The molecule has 2 atom stereocenters. The Morgan fingerprint density at radius 3 is 2.50 bits per heavy atom. The van der Waals surface area contributed by atoms with Crippen LogP contribution in [0.15, 0.2) is 35.4 Å². The fraction of sp³-hybridized carbons (Fsp3) is 0.476. The summed E-state index contributed by atoms with van der Waals surface area (Å²) in [5, 5.41) is 9.31. The van der Waals surface area contributed by atoms with E-state index in [1.165, 1.54) is 4.31 Å². The Kier molecular flexibility index (Phi) is 6.54. The molecule has 2 heterocycles. The lowest BCUT2D eigenvalue weighted by Gasteiger charge is -2.36. The van der Waals surface area contributed by atoms with Gasteiger partial charge >= 0.3 is 5.97 Å². The van der Waals surface area contributed by atoms with Gasteiger partial charge in [0.15, 0.2) is 6.10 Å². The van der Waals surface area contributed by atoms with E-state index in [1.807, 2.05) is 22.9 Å². The number of carboxylic acids is 1. The third kappa shape index (κ3) is 4.10. The molecule has 2 aromatic rings. The van der Waals surface area contributed by atoms with Crippen LogP contribution in [0.25, 0.3) is 0 Å². The molecule has 164 valence electrons. The van der Waals surface area contributed by atoms with Gasteiger partial charge in [-0.2, -0.15) is 4.31 Å². The lowest BCUT2D eigenvalue weighted by atomic mass is 10.1. The highest BCUT2D eigenvalue weighted by Crippen LogP contribution is 2.35. The number of hydrogen-bond donors (Lipinski definition) is 1. The summed E-state index contributed by atoms with van der Waals surface area (Å²) < 4.78 is 41.8. The summed E-state index contributed by atoms with van der Waals surface area (Å²) in [6, 6.07) is 6.50. The number of rotatable bonds is 8. The number of carboxylic acid groups (broad SMARTS) is 1. The number of fused-ring (bicyclic) bond motifs is 1. The van der Waals surface area contributed by atoms with Crippen LogP contribution in [0.1, 0.15) is 36.2 Å². The third-order valence-corrected chi connectivity index (χ3v) is 7.67. The van der Waals surface area contributed by atoms with Crippen molar-refractivity contribution in [3.05, 3.63) is 47.3 Å². The number of benzene rings is 1. The van der Waals surface area contributed by atoms with Crippen molar-refractivity contribution in [2.75, 3.05) is 20.3 Å². The van der Waals surface area contributed by atoms with Gasteiger partial charge in [0.05, 0.1) is 24.7 Å². The van der Waals surface area contributed by atoms with E-state index in [4.69, 9.17) is 9.47 Å². The Morgan fingerprint density at radius 1 is 1.27 bits per heavy atom. The van der Waals surface area contributed by atoms with Gasteiger partial charge in [-0.3, -0.25) is 0 Å². The minimum absolute atomic E-state index is 0.0394. The standard InChI is InChI=1S/C21H28N2O6S/c1-5-19(21(24)25)29-13-18-17-7-6-8-22(17)9-10-23(18)30(26,27)20-14(2)11-16(28-4)12-15(20)3/h6-8,11-12,18-19H,5,9-10,13H2,1-4H3,(H,24,25). The van der Waals surface area contributed by atoms with Crippen LogP contribution < -0.4 is 4.74 Å². The van der Waals surface area contributed by atoms with Gasteiger partial charge in [-0.25, -0.2) is 13.2 Å². The summed E-state index contributed by atoms with van der Waals surface area (Å²) in [6.45, 7) is 5.97. The molecule has 3 rings (SSSR count). The van der Waals surface area contributed by atoms with Crippen molar-refractivity contribution in [1.29, 1.82) is 0 Å². The van der Waals surface area contributed by atoms with Crippen LogP contribution in [-0.4, -0.2) is 54.7 Å². The van der Waals surface area contributed by atoms with Crippen molar-refractivity contribution in [3.63, 3.8) is 0 Å². The lowest BCUT2D eigenvalue weighted by Crippen LogP contribution is -2.44. The van der Waals surface area contributed by atoms with E-state index in [1.54, 1.807) is 40.0 Å². The van der Waals surface area contributed by atoms with Gasteiger partial charge in [0.2, 0.25) is 10.0 Å². The van der Waals surface area contributed by atoms with Crippen LogP contribution >= 0.6 is 0 Å². The van der Waals surface area contributed by atoms with Crippen molar-refractivity contribution in [3.8, 4) is 5.75 Å². The Morgan fingerprint density at radius 2 is 1.93 bits per heavy atom. The zero-order chi connectivity index (χ0) is 22.1. The topological polar surface area (TPSA) is 98.1 Å². The van der Waals surface area contributed by atoms with Crippen molar-refractivity contribution in [2.24, 2.45) is 0 Å². The molecule has 0 spiro atoms. The van der Waals surface area contributed by atoms with Crippen LogP contribution in [0.2, 0.25) is 0 Å². The molecule has 0 bridgehead atoms. The smallest absolute Gasteiger partial charge is 0.332 e. The average Bonchev–Trinajstić information content (AvgIpc) is 3.16. The van der Waals surface area contributed by atoms with Gasteiger partial charge < -0.3 is 19.1 Å². The van der Waals surface area contributed by atoms with Crippen LogP contribution in [-0.2, 0) is 26.1 Å². The summed E-state index contributed by atoms with van der Waals surface area (Å²) in [6.07, 6.45) is 1.21. The zero-order valence-corrected chi connectivity index (χ0v) is 18.5. The number of aromatic nitrogens is 1. The number of nitrogens with zero attached hydrogens (tertiary/aromatic N) is 2. The van der Waals surface area contributed by atoms with E-state index < -0.39 is 28.1 Å². The van der Waals surface area contributed by atoms with E-state index in [0.717, 1.165) is 5.69 Å². The second-order valence-corrected chi connectivity index (χ2v) is 9.24. The SMILES string of the molecule is CCC(OCC1c2cccn2CCN1S(=O)(=O)c1c(C)cc(OC)cc1C)C(=O)O. The number of carbonyl (C=O) groups is 1. The lowest BCUT2D eigenvalue weighted by molar-refractivity contribution is -0.151. The van der Waals surface area contributed by atoms with E-state index in [-0.39, 0.29) is 18.0 Å². The van der Waals surface area contributed by atoms with Crippen LogP contribution in [0.4, 0.5) is 0 Å². The fourth-order valence-electron chi connectivity index (χ4n) is 4.02. The summed E-state index contributed by atoms with van der Waals surface area (Å²) >= 11 is 0. The molecule has 2 unspecified atom stereocenters. The van der Waals surface area contributed by atoms with Gasteiger partial charge in [-0.15, -0.1) is 0 Å². The highest BCUT2D eigenvalue weighted by atomic mass is 32.2. The molecule has 0 fully saturated rings. The summed E-state index contributed by atoms with van der Waals surface area (Å²) in [5.74, 6) is -0.455. The molecule has 30 heavy (non-hydrogen) atoms. The Balaban J connectivity index is 2.01. The van der Waals surface area contributed by atoms with Crippen molar-refractivity contribution in [2.45, 2.75) is 50.8 Å². The Hall–Kier alpha value is -2.36. The average molecular weight is 437 g/mol. The number of hydrogen-bond acceptors (Lipinski definition) is 5. The van der Waals surface area contributed by atoms with E-state index in [2.05, 4.69) is 0 Å². The molecule has 1 aromatic carbocycles. The van der Waals surface area contributed by atoms with Crippen LogP contribution in [0.5, 0.6) is 5.75 Å². The predicted molar refractivity (Wildman–Crippen MR) is 111 cm³/mol. The summed E-state index contributed by atoms with van der Waals surface area (Å²) in [4.78, 5) is 11.6.